The monoisotopic (exact) mass is 365 g/mol. The maximum atomic E-state index is 12.8. The molecule has 0 bridgehead atoms. The zero-order chi connectivity index (χ0) is 19.1. The molecule has 0 spiro atoms. The van der Waals surface area contributed by atoms with E-state index in [1.807, 2.05) is 13.8 Å². The van der Waals surface area contributed by atoms with Crippen molar-refractivity contribution in [3.63, 3.8) is 0 Å². The Morgan fingerprint density at radius 3 is 2.56 bits per heavy atom. The predicted molar refractivity (Wildman–Crippen MR) is 101 cm³/mol. The topological polar surface area (TPSA) is 59.3 Å². The third-order valence-electron chi connectivity index (χ3n) is 6.87. The lowest BCUT2D eigenvalue weighted by molar-refractivity contribution is -0.153. The van der Waals surface area contributed by atoms with Crippen molar-refractivity contribution in [3.8, 4) is 6.07 Å². The van der Waals surface area contributed by atoms with E-state index < -0.39 is 19.8 Å². The highest BCUT2D eigenvalue weighted by Crippen LogP contribution is 2.56. The number of cyclic esters (lactones) is 1. The zero-order valence-electron chi connectivity index (χ0n) is 17.1. The van der Waals surface area contributed by atoms with Gasteiger partial charge in [-0.05, 0) is 57.7 Å². The molecule has 4 nitrogen and oxygen atoms in total. The highest BCUT2D eigenvalue weighted by molar-refractivity contribution is 6.74. The minimum Gasteiger partial charge on any atom is -0.459 e. The first-order valence-electron chi connectivity index (χ1n) is 9.67. The second-order valence-corrected chi connectivity index (χ2v) is 14.7. The largest absolute Gasteiger partial charge is 0.459 e. The molecule has 0 N–H and O–H groups in total. The molecule has 3 atom stereocenters. The van der Waals surface area contributed by atoms with E-state index in [-0.39, 0.29) is 22.5 Å². The first kappa shape index (κ1) is 20.4. The van der Waals surface area contributed by atoms with Gasteiger partial charge < -0.3 is 9.16 Å². The van der Waals surface area contributed by atoms with Crippen LogP contribution < -0.4 is 0 Å². The van der Waals surface area contributed by atoms with Crippen molar-refractivity contribution in [2.45, 2.75) is 103 Å². The van der Waals surface area contributed by atoms with Crippen LogP contribution in [0.2, 0.25) is 18.1 Å². The average Bonchev–Trinajstić information content (AvgIpc) is 2.69. The van der Waals surface area contributed by atoms with E-state index in [0.717, 1.165) is 25.7 Å². The van der Waals surface area contributed by atoms with Crippen LogP contribution >= 0.6 is 0 Å². The molecule has 0 amide bonds. The van der Waals surface area contributed by atoms with Crippen molar-refractivity contribution in [3.05, 3.63) is 0 Å². The van der Waals surface area contributed by atoms with E-state index in [9.17, 15) is 10.1 Å². The molecule has 5 heteroatoms. The van der Waals surface area contributed by atoms with Crippen molar-refractivity contribution in [1.29, 1.82) is 5.26 Å². The first-order valence-corrected chi connectivity index (χ1v) is 12.6. The Hall–Kier alpha value is -0.863. The fourth-order valence-electron chi connectivity index (χ4n) is 4.38. The molecule has 1 saturated heterocycles. The van der Waals surface area contributed by atoms with Crippen LogP contribution in [0.3, 0.4) is 0 Å². The second kappa shape index (κ2) is 6.70. The summed E-state index contributed by atoms with van der Waals surface area (Å²) in [5, 5.41) is 9.69. The van der Waals surface area contributed by atoms with E-state index in [1.165, 1.54) is 0 Å². The summed E-state index contributed by atoms with van der Waals surface area (Å²) in [4.78, 5) is 12.8. The lowest BCUT2D eigenvalue weighted by Gasteiger charge is -2.40. The van der Waals surface area contributed by atoms with Crippen LogP contribution in [0, 0.1) is 22.7 Å². The van der Waals surface area contributed by atoms with Gasteiger partial charge in [-0.15, -0.1) is 0 Å². The molecule has 25 heavy (non-hydrogen) atoms. The molecule has 1 heterocycles. The predicted octanol–water partition coefficient (Wildman–Crippen LogP) is 5.19. The van der Waals surface area contributed by atoms with E-state index in [1.54, 1.807) is 0 Å². The van der Waals surface area contributed by atoms with Gasteiger partial charge >= 0.3 is 5.97 Å². The molecule has 0 radical (unpaired) electrons. The van der Waals surface area contributed by atoms with E-state index >= 15 is 0 Å². The highest BCUT2D eigenvalue weighted by Gasteiger charge is 2.60. The lowest BCUT2D eigenvalue weighted by atomic mass is 9.61. The number of nitrogens with zero attached hydrogens (tertiary/aromatic N) is 1. The van der Waals surface area contributed by atoms with Gasteiger partial charge in [0, 0.05) is 5.92 Å². The fraction of sp³-hybridized carbons (Fsp3) is 0.900. The summed E-state index contributed by atoms with van der Waals surface area (Å²) in [5.74, 6) is 0.208. The molecule has 1 saturated carbocycles. The second-order valence-electron chi connectivity index (χ2n) is 9.98. The first-order chi connectivity index (χ1) is 11.4. The number of carbonyl (C=O) groups is 1. The number of carbonyl (C=O) groups excluding carboxylic acids is 1. The molecular formula is C20H35NO3Si. The van der Waals surface area contributed by atoms with Crippen molar-refractivity contribution in [1.82, 2.24) is 0 Å². The standard InChI is InChI=1S/C20H35NO3Si/c1-18(2,3)25(6,7)24-15(14-21)11-13-20-12-9-8-10-16(20)19(4,5)23-17(20)22/h15-16H,8-13H2,1-7H3/t15?,16-,20+/m0/s1. The highest BCUT2D eigenvalue weighted by atomic mass is 28.4. The zero-order valence-corrected chi connectivity index (χ0v) is 18.1. The van der Waals surface area contributed by atoms with Crippen molar-refractivity contribution in [2.75, 3.05) is 0 Å². The SMILES string of the molecule is CC1(C)OC(=O)[C@@]2(CCC(C#N)O[Si](C)(C)C(C)(C)C)CCCC[C@@H]12. The average molecular weight is 366 g/mol. The van der Waals surface area contributed by atoms with Gasteiger partial charge in [-0.1, -0.05) is 33.6 Å². The molecule has 0 aromatic heterocycles. The number of nitriles is 1. The van der Waals surface area contributed by atoms with Gasteiger partial charge in [0.2, 0.25) is 0 Å². The number of fused-ring (bicyclic) bond motifs is 1. The lowest BCUT2D eigenvalue weighted by Crippen LogP contribution is -2.45. The maximum absolute atomic E-state index is 12.8. The molecule has 142 valence electrons. The van der Waals surface area contributed by atoms with Crippen molar-refractivity contribution in [2.24, 2.45) is 11.3 Å². The smallest absolute Gasteiger partial charge is 0.313 e. The van der Waals surface area contributed by atoms with Gasteiger partial charge in [0.15, 0.2) is 8.32 Å². The Bertz CT molecular complexity index is 558. The van der Waals surface area contributed by atoms with Gasteiger partial charge in [-0.3, -0.25) is 4.79 Å². The Labute approximate surface area is 154 Å². The third kappa shape index (κ3) is 3.80. The third-order valence-corrected chi connectivity index (χ3v) is 11.4. The molecule has 2 aliphatic rings. The Morgan fingerprint density at radius 1 is 1.36 bits per heavy atom. The molecule has 0 aromatic rings. The summed E-state index contributed by atoms with van der Waals surface area (Å²) in [6, 6.07) is 2.34. The number of hydrogen-bond acceptors (Lipinski definition) is 4. The summed E-state index contributed by atoms with van der Waals surface area (Å²) in [6.07, 6.45) is 5.04. The summed E-state index contributed by atoms with van der Waals surface area (Å²) in [7, 11) is -2.00. The molecular weight excluding hydrogens is 330 g/mol. The van der Waals surface area contributed by atoms with E-state index in [0.29, 0.717) is 12.8 Å². The molecule has 1 aliphatic carbocycles. The van der Waals surface area contributed by atoms with Gasteiger partial charge in [-0.25, -0.2) is 0 Å². The normalized spacial score (nSPS) is 30.3. The van der Waals surface area contributed by atoms with Gasteiger partial charge in [0.05, 0.1) is 11.5 Å². The molecule has 2 fully saturated rings. The van der Waals surface area contributed by atoms with Crippen LogP contribution in [0.15, 0.2) is 0 Å². The van der Waals surface area contributed by atoms with Crippen LogP contribution in [0.4, 0.5) is 0 Å². The van der Waals surface area contributed by atoms with Crippen LogP contribution in [0.1, 0.15) is 73.1 Å². The van der Waals surface area contributed by atoms with Crippen LogP contribution in [-0.4, -0.2) is 26.0 Å². The van der Waals surface area contributed by atoms with Crippen molar-refractivity contribution < 1.29 is 14.0 Å². The number of rotatable bonds is 5. The van der Waals surface area contributed by atoms with Gasteiger partial charge in [-0.2, -0.15) is 5.26 Å². The Kier molecular flexibility index (Phi) is 5.48. The number of esters is 1. The number of ether oxygens (including phenoxy) is 1. The Balaban J connectivity index is 2.12. The Morgan fingerprint density at radius 2 is 2.00 bits per heavy atom. The fourth-order valence-corrected chi connectivity index (χ4v) is 5.62. The molecule has 2 rings (SSSR count). The summed E-state index contributed by atoms with van der Waals surface area (Å²) >= 11 is 0. The van der Waals surface area contributed by atoms with Crippen LogP contribution in [-0.2, 0) is 14.0 Å². The van der Waals surface area contributed by atoms with Gasteiger partial charge in [0.25, 0.3) is 0 Å². The van der Waals surface area contributed by atoms with Crippen LogP contribution in [0.5, 0.6) is 0 Å². The quantitative estimate of drug-likeness (QED) is 0.497. The minimum atomic E-state index is -2.00. The van der Waals surface area contributed by atoms with E-state index in [4.69, 9.17) is 9.16 Å². The summed E-state index contributed by atoms with van der Waals surface area (Å²) < 4.78 is 12.1. The number of hydrogen-bond donors (Lipinski definition) is 0. The van der Waals surface area contributed by atoms with Crippen LogP contribution in [0.25, 0.3) is 0 Å². The molecule has 1 unspecified atom stereocenters. The van der Waals surface area contributed by atoms with Crippen molar-refractivity contribution >= 4 is 14.3 Å². The molecule has 0 aromatic carbocycles. The maximum Gasteiger partial charge on any atom is 0.313 e. The molecule has 1 aliphatic heterocycles. The van der Waals surface area contributed by atoms with E-state index in [2.05, 4.69) is 39.9 Å². The minimum absolute atomic E-state index is 0.0498. The summed E-state index contributed by atoms with van der Waals surface area (Å²) in [5.41, 5.74) is -0.798. The van der Waals surface area contributed by atoms with Gasteiger partial charge in [0.1, 0.15) is 11.7 Å². The summed E-state index contributed by atoms with van der Waals surface area (Å²) in [6.45, 7) is 15.0.